The van der Waals surface area contributed by atoms with Crippen LogP contribution >= 0.6 is 0 Å². The third kappa shape index (κ3) is 17.4. The van der Waals surface area contributed by atoms with E-state index in [0.29, 0.717) is 0 Å². The lowest BCUT2D eigenvalue weighted by atomic mass is 10.2. The van der Waals surface area contributed by atoms with Gasteiger partial charge in [-0.2, -0.15) is 0 Å². The Kier molecular flexibility index (Phi) is 16.1. The van der Waals surface area contributed by atoms with Crippen molar-refractivity contribution in [2.45, 2.75) is 12.8 Å². The van der Waals surface area contributed by atoms with Gasteiger partial charge in [0.25, 0.3) is 0 Å². The quantitative estimate of drug-likeness (QED) is 0.407. The standard InChI is InChI=1S/C28H30/c1-2-4-6-8-10-12-14-16-18-20-22-24-26-28-27-25-23-21-19-17-15-13-11-9-7-5-3-1/h1-26H,27-28H2. The van der Waals surface area contributed by atoms with Crippen molar-refractivity contribution in [2.24, 2.45) is 0 Å². The van der Waals surface area contributed by atoms with E-state index in [4.69, 9.17) is 0 Å². The first-order chi connectivity index (χ1) is 14.0. The highest BCUT2D eigenvalue weighted by atomic mass is 13.8. The Labute approximate surface area is 171 Å². The maximum atomic E-state index is 2.18. The highest BCUT2D eigenvalue weighted by Gasteiger charge is 1.74. The average molecular weight is 367 g/mol. The van der Waals surface area contributed by atoms with Crippen LogP contribution in [0.15, 0.2) is 158 Å². The van der Waals surface area contributed by atoms with Crippen molar-refractivity contribution in [3.63, 3.8) is 0 Å². The molecule has 0 heterocycles. The Hall–Kier alpha value is -3.38. The summed E-state index contributed by atoms with van der Waals surface area (Å²) in [5, 5.41) is 0. The molecule has 1 rings (SSSR count). The molecule has 0 saturated heterocycles. The fraction of sp³-hybridized carbons (Fsp3) is 0.0714. The highest BCUT2D eigenvalue weighted by molar-refractivity contribution is 5.23. The Balaban J connectivity index is 2.61. The molecule has 142 valence electrons. The summed E-state index contributed by atoms with van der Waals surface area (Å²) in [4.78, 5) is 0. The zero-order valence-corrected chi connectivity index (χ0v) is 16.4. The smallest absolute Gasteiger partial charge is 0.0313 e. The lowest BCUT2D eigenvalue weighted by Crippen LogP contribution is -1.63. The van der Waals surface area contributed by atoms with Gasteiger partial charge in [-0.15, -0.1) is 0 Å². The van der Waals surface area contributed by atoms with Gasteiger partial charge in [0, 0.05) is 0 Å². The summed E-state index contributed by atoms with van der Waals surface area (Å²) >= 11 is 0. The number of hydrogen-bond acceptors (Lipinski definition) is 0. The normalized spacial score (nSPS) is 16.6. The molecule has 0 amide bonds. The van der Waals surface area contributed by atoms with Crippen LogP contribution in [-0.2, 0) is 0 Å². The van der Waals surface area contributed by atoms with Crippen molar-refractivity contribution in [3.05, 3.63) is 158 Å². The van der Waals surface area contributed by atoms with Gasteiger partial charge >= 0.3 is 0 Å². The highest BCUT2D eigenvalue weighted by Crippen LogP contribution is 1.94. The Bertz CT molecular complexity index is 695. The van der Waals surface area contributed by atoms with E-state index in [0.717, 1.165) is 12.8 Å². The van der Waals surface area contributed by atoms with E-state index in [2.05, 4.69) is 36.5 Å². The molecule has 0 nitrogen and oxygen atoms in total. The first kappa shape index (κ1) is 22.7. The molecule has 0 aromatic rings. The van der Waals surface area contributed by atoms with Crippen LogP contribution in [0.1, 0.15) is 12.8 Å². The number of hydrogen-bond donors (Lipinski definition) is 0. The molecule has 0 unspecified atom stereocenters. The van der Waals surface area contributed by atoms with E-state index >= 15 is 0 Å². The van der Waals surface area contributed by atoms with Crippen molar-refractivity contribution in [3.8, 4) is 0 Å². The first-order valence-corrected chi connectivity index (χ1v) is 9.65. The van der Waals surface area contributed by atoms with Gasteiger partial charge in [0.2, 0.25) is 0 Å². The van der Waals surface area contributed by atoms with E-state index in [9.17, 15) is 0 Å². The molecule has 0 bridgehead atoms. The van der Waals surface area contributed by atoms with Gasteiger partial charge in [-0.05, 0) is 12.8 Å². The third-order valence-electron chi connectivity index (χ3n) is 3.33. The Morgan fingerprint density at radius 2 is 0.321 bits per heavy atom. The van der Waals surface area contributed by atoms with Gasteiger partial charge in [0.1, 0.15) is 0 Å². The molecular formula is C28H30. The summed E-state index contributed by atoms with van der Waals surface area (Å²) in [6, 6.07) is 0. The molecule has 0 atom stereocenters. The van der Waals surface area contributed by atoms with Crippen LogP contribution in [0.4, 0.5) is 0 Å². The number of allylic oxidation sites excluding steroid dienone is 26. The van der Waals surface area contributed by atoms with Crippen molar-refractivity contribution in [1.82, 2.24) is 0 Å². The van der Waals surface area contributed by atoms with E-state index in [1.165, 1.54) is 0 Å². The molecular weight excluding hydrogens is 336 g/mol. The fourth-order valence-corrected chi connectivity index (χ4v) is 1.95. The van der Waals surface area contributed by atoms with Gasteiger partial charge in [-0.3, -0.25) is 0 Å². The molecule has 28 heavy (non-hydrogen) atoms. The zero-order chi connectivity index (χ0) is 19.8. The van der Waals surface area contributed by atoms with Crippen molar-refractivity contribution >= 4 is 0 Å². The van der Waals surface area contributed by atoms with Crippen LogP contribution in [0.3, 0.4) is 0 Å². The summed E-state index contributed by atoms with van der Waals surface area (Å²) in [5.74, 6) is 0. The molecule has 0 heteroatoms. The number of rotatable bonds is 0. The van der Waals surface area contributed by atoms with E-state index in [1.54, 1.807) is 0 Å². The van der Waals surface area contributed by atoms with E-state index in [-0.39, 0.29) is 0 Å². The summed E-state index contributed by atoms with van der Waals surface area (Å²) in [5.41, 5.74) is 0. The van der Waals surface area contributed by atoms with Crippen LogP contribution in [0.2, 0.25) is 0 Å². The second kappa shape index (κ2) is 19.9. The minimum Gasteiger partial charge on any atom is -0.0842 e. The second-order valence-corrected chi connectivity index (χ2v) is 5.67. The van der Waals surface area contributed by atoms with Crippen molar-refractivity contribution < 1.29 is 0 Å². The van der Waals surface area contributed by atoms with Crippen LogP contribution < -0.4 is 0 Å². The molecule has 1 aliphatic rings. The summed E-state index contributed by atoms with van der Waals surface area (Å²) < 4.78 is 0. The SMILES string of the molecule is C1=CC=CC=CC=CC=CC=CC=CCCC=CC=CC=CC=CC=CC=C1. The van der Waals surface area contributed by atoms with Gasteiger partial charge in [0.05, 0.1) is 0 Å². The third-order valence-corrected chi connectivity index (χ3v) is 3.33. The summed E-state index contributed by atoms with van der Waals surface area (Å²) in [7, 11) is 0. The topological polar surface area (TPSA) is 0 Å². The molecule has 0 aromatic carbocycles. The van der Waals surface area contributed by atoms with Crippen LogP contribution in [0.25, 0.3) is 0 Å². The maximum absolute atomic E-state index is 2.18. The van der Waals surface area contributed by atoms with E-state index < -0.39 is 0 Å². The Morgan fingerprint density at radius 3 is 0.500 bits per heavy atom. The van der Waals surface area contributed by atoms with Gasteiger partial charge in [-0.1, -0.05) is 158 Å². The molecule has 0 saturated carbocycles. The van der Waals surface area contributed by atoms with Crippen LogP contribution in [-0.4, -0.2) is 0 Å². The van der Waals surface area contributed by atoms with E-state index in [1.807, 2.05) is 122 Å². The first-order valence-electron chi connectivity index (χ1n) is 9.65. The second-order valence-electron chi connectivity index (χ2n) is 5.67. The molecule has 0 spiro atoms. The molecule has 1 aliphatic carbocycles. The van der Waals surface area contributed by atoms with Gasteiger partial charge in [-0.25, -0.2) is 0 Å². The molecule has 0 N–H and O–H groups in total. The molecule has 0 radical (unpaired) electrons. The lowest BCUT2D eigenvalue weighted by molar-refractivity contribution is 1.05. The van der Waals surface area contributed by atoms with Gasteiger partial charge in [0.15, 0.2) is 0 Å². The van der Waals surface area contributed by atoms with Gasteiger partial charge < -0.3 is 0 Å². The van der Waals surface area contributed by atoms with Crippen LogP contribution in [0.5, 0.6) is 0 Å². The zero-order valence-electron chi connectivity index (χ0n) is 16.4. The predicted molar refractivity (Wildman–Crippen MR) is 128 cm³/mol. The van der Waals surface area contributed by atoms with Crippen molar-refractivity contribution in [1.29, 1.82) is 0 Å². The average Bonchev–Trinajstić information content (AvgIpc) is 2.71. The molecule has 0 aliphatic heterocycles. The maximum Gasteiger partial charge on any atom is -0.0313 e. The minimum absolute atomic E-state index is 1.05. The van der Waals surface area contributed by atoms with Crippen LogP contribution in [0, 0.1) is 0 Å². The monoisotopic (exact) mass is 366 g/mol. The molecule has 0 fully saturated rings. The Morgan fingerprint density at radius 1 is 0.179 bits per heavy atom. The predicted octanol–water partition coefficient (Wildman–Crippen LogP) is 8.01. The molecule has 0 aromatic heterocycles. The summed E-state index contributed by atoms with van der Waals surface area (Å²) in [6.45, 7) is 0. The lowest BCUT2D eigenvalue weighted by Gasteiger charge is -1.84. The minimum atomic E-state index is 1.05. The summed E-state index contributed by atoms with van der Waals surface area (Å²) in [6.07, 6.45) is 55.0. The fourth-order valence-electron chi connectivity index (χ4n) is 1.95. The largest absolute Gasteiger partial charge is 0.0842 e. The van der Waals surface area contributed by atoms with Crippen molar-refractivity contribution in [2.75, 3.05) is 0 Å².